The molecule has 0 saturated carbocycles. The fourth-order valence-electron chi connectivity index (χ4n) is 3.81. The molecule has 0 atom stereocenters. The third-order valence-corrected chi connectivity index (χ3v) is 5.70. The highest BCUT2D eigenvalue weighted by Gasteiger charge is 2.21. The van der Waals surface area contributed by atoms with Crippen molar-refractivity contribution in [1.29, 1.82) is 5.26 Å². The van der Waals surface area contributed by atoms with Crippen molar-refractivity contribution in [3.8, 4) is 6.07 Å². The van der Waals surface area contributed by atoms with E-state index in [-0.39, 0.29) is 48.4 Å². The predicted molar refractivity (Wildman–Crippen MR) is 147 cm³/mol. The Labute approximate surface area is 225 Å². The van der Waals surface area contributed by atoms with E-state index in [1.807, 2.05) is 29.8 Å². The molecular formula is C27H27BrN6O3. The maximum Gasteiger partial charge on any atom is 0.307 e. The number of rotatable bonds is 9. The van der Waals surface area contributed by atoms with Gasteiger partial charge in [0.05, 0.1) is 42.2 Å². The third kappa shape index (κ3) is 6.51. The van der Waals surface area contributed by atoms with Crippen LogP contribution in [0, 0.1) is 11.3 Å². The van der Waals surface area contributed by atoms with Crippen LogP contribution in [-0.2, 0) is 23.1 Å². The van der Waals surface area contributed by atoms with Crippen molar-refractivity contribution in [3.05, 3.63) is 83.8 Å². The van der Waals surface area contributed by atoms with Crippen LogP contribution in [0.3, 0.4) is 0 Å². The van der Waals surface area contributed by atoms with Crippen LogP contribution in [0.4, 0.5) is 11.5 Å². The van der Waals surface area contributed by atoms with Gasteiger partial charge in [0.15, 0.2) is 0 Å². The lowest BCUT2D eigenvalue weighted by Gasteiger charge is -2.21. The van der Waals surface area contributed by atoms with E-state index in [1.165, 1.54) is 4.90 Å². The molecule has 0 aliphatic heterocycles. The Bertz CT molecular complexity index is 1410. The van der Waals surface area contributed by atoms with Gasteiger partial charge in [-0.05, 0) is 61.5 Å². The van der Waals surface area contributed by atoms with E-state index in [4.69, 9.17) is 15.0 Å². The summed E-state index contributed by atoms with van der Waals surface area (Å²) in [6.07, 6.45) is 1.67. The second-order valence-corrected chi connectivity index (χ2v) is 8.03. The van der Waals surface area contributed by atoms with Gasteiger partial charge >= 0.3 is 5.97 Å². The topological polar surface area (TPSA) is 113 Å². The van der Waals surface area contributed by atoms with Gasteiger partial charge in [0.25, 0.3) is 5.91 Å². The molecule has 0 spiro atoms. The average molecular weight is 563 g/mol. The number of carbonyl (C=O) groups is 2. The van der Waals surface area contributed by atoms with Crippen LogP contribution in [0.5, 0.6) is 0 Å². The zero-order valence-corrected chi connectivity index (χ0v) is 22.3. The summed E-state index contributed by atoms with van der Waals surface area (Å²) in [5.74, 6) is 0.608. The van der Waals surface area contributed by atoms with Crippen LogP contribution < -0.4 is 10.2 Å². The minimum atomic E-state index is -0.370. The molecule has 0 aliphatic carbocycles. The predicted octanol–water partition coefficient (Wildman–Crippen LogP) is 4.63. The Kier molecular flexibility index (Phi) is 9.35. The number of nitriles is 1. The average Bonchev–Trinajstić information content (AvgIpc) is 3.23. The lowest BCUT2D eigenvalue weighted by molar-refractivity contribution is -0.142. The molecule has 0 fully saturated rings. The quantitative estimate of drug-likeness (QED) is 0.296. The molecule has 9 nitrogen and oxygen atoms in total. The molecule has 0 unspecified atom stereocenters. The summed E-state index contributed by atoms with van der Waals surface area (Å²) in [5.41, 5.74) is 3.50. The van der Waals surface area contributed by atoms with Gasteiger partial charge in [-0.15, -0.1) is 17.0 Å². The van der Waals surface area contributed by atoms with E-state index < -0.39 is 0 Å². The van der Waals surface area contributed by atoms with Crippen LogP contribution in [0.25, 0.3) is 11.0 Å². The molecule has 37 heavy (non-hydrogen) atoms. The Morgan fingerprint density at radius 1 is 1.14 bits per heavy atom. The molecule has 1 amide bonds. The molecule has 2 heterocycles. The summed E-state index contributed by atoms with van der Waals surface area (Å²) in [4.78, 5) is 35.9. The Morgan fingerprint density at radius 2 is 1.92 bits per heavy atom. The standard InChI is InChI=1S/C27H26N6O3.BrH/c1-3-36-26(34)13-15-33(24-6-4-5-14-29-24)27(35)20-9-12-23-22(16-20)31-25(32(23)2)18-30-21-10-7-19(17-28)8-11-21;/h4-12,14,16,30H,3,13,15,18H2,1-2H3;1H. The number of pyridine rings is 1. The van der Waals surface area contributed by atoms with E-state index >= 15 is 0 Å². The lowest BCUT2D eigenvalue weighted by Crippen LogP contribution is -2.34. The minimum absolute atomic E-state index is 0. The Balaban J connectivity index is 0.00000380. The largest absolute Gasteiger partial charge is 0.466 e. The highest BCUT2D eigenvalue weighted by Crippen LogP contribution is 2.21. The molecule has 2 aromatic carbocycles. The third-order valence-electron chi connectivity index (χ3n) is 5.70. The first-order valence-electron chi connectivity index (χ1n) is 11.6. The van der Waals surface area contributed by atoms with Gasteiger partial charge in [-0.3, -0.25) is 14.5 Å². The number of halogens is 1. The van der Waals surface area contributed by atoms with Crippen LogP contribution in [0.2, 0.25) is 0 Å². The van der Waals surface area contributed by atoms with Crippen molar-refractivity contribution < 1.29 is 14.3 Å². The zero-order valence-electron chi connectivity index (χ0n) is 20.5. The number of anilines is 2. The lowest BCUT2D eigenvalue weighted by atomic mass is 10.1. The number of nitrogens with one attached hydrogen (secondary N) is 1. The summed E-state index contributed by atoms with van der Waals surface area (Å²) in [6, 6.07) is 20.0. The molecule has 0 saturated heterocycles. The highest BCUT2D eigenvalue weighted by molar-refractivity contribution is 8.93. The normalized spacial score (nSPS) is 10.3. The number of aryl methyl sites for hydroxylation is 1. The first-order valence-corrected chi connectivity index (χ1v) is 11.6. The molecule has 10 heteroatoms. The zero-order chi connectivity index (χ0) is 25.5. The molecule has 4 rings (SSSR count). The van der Waals surface area contributed by atoms with Gasteiger partial charge in [0.1, 0.15) is 11.6 Å². The van der Waals surface area contributed by atoms with E-state index in [9.17, 15) is 9.59 Å². The SMILES string of the molecule is Br.CCOC(=O)CCN(C(=O)c1ccc2c(c1)nc(CNc1ccc(C#N)cc1)n2C)c1ccccn1. The van der Waals surface area contributed by atoms with E-state index in [0.29, 0.717) is 29.0 Å². The second kappa shape index (κ2) is 12.6. The summed E-state index contributed by atoms with van der Waals surface area (Å²) in [6.45, 7) is 2.65. The van der Waals surface area contributed by atoms with Crippen molar-refractivity contribution >= 4 is 51.4 Å². The molecule has 4 aromatic rings. The number of amides is 1. The number of imidazole rings is 1. The van der Waals surface area contributed by atoms with Gasteiger partial charge in [0.2, 0.25) is 0 Å². The smallest absolute Gasteiger partial charge is 0.307 e. The molecule has 0 radical (unpaired) electrons. The molecule has 1 N–H and O–H groups in total. The highest BCUT2D eigenvalue weighted by atomic mass is 79.9. The first kappa shape index (κ1) is 27.4. The summed E-state index contributed by atoms with van der Waals surface area (Å²) >= 11 is 0. The maximum atomic E-state index is 13.5. The van der Waals surface area contributed by atoms with Crippen molar-refractivity contribution in [2.45, 2.75) is 19.9 Å². The molecule has 190 valence electrons. The summed E-state index contributed by atoms with van der Waals surface area (Å²) < 4.78 is 6.99. The maximum absolute atomic E-state index is 13.5. The van der Waals surface area contributed by atoms with Gasteiger partial charge in [0, 0.05) is 31.0 Å². The Morgan fingerprint density at radius 3 is 2.59 bits per heavy atom. The minimum Gasteiger partial charge on any atom is -0.466 e. The van der Waals surface area contributed by atoms with Crippen molar-refractivity contribution in [3.63, 3.8) is 0 Å². The van der Waals surface area contributed by atoms with Crippen LogP contribution >= 0.6 is 17.0 Å². The number of carbonyl (C=O) groups excluding carboxylic acids is 2. The van der Waals surface area contributed by atoms with Crippen molar-refractivity contribution in [1.82, 2.24) is 14.5 Å². The Hall–Kier alpha value is -4.23. The number of hydrogen-bond acceptors (Lipinski definition) is 7. The monoisotopic (exact) mass is 562 g/mol. The number of fused-ring (bicyclic) bond motifs is 1. The first-order chi connectivity index (χ1) is 17.5. The van der Waals surface area contributed by atoms with Crippen LogP contribution in [0.15, 0.2) is 66.9 Å². The molecule has 2 aromatic heterocycles. The van der Waals surface area contributed by atoms with E-state index in [1.54, 1.807) is 55.6 Å². The fraction of sp³-hybridized carbons (Fsp3) is 0.222. The number of esters is 1. The van der Waals surface area contributed by atoms with Crippen molar-refractivity contribution in [2.75, 3.05) is 23.4 Å². The van der Waals surface area contributed by atoms with Crippen molar-refractivity contribution in [2.24, 2.45) is 7.05 Å². The second-order valence-electron chi connectivity index (χ2n) is 8.03. The number of ether oxygens (including phenoxy) is 1. The van der Waals surface area contributed by atoms with E-state index in [2.05, 4.69) is 16.4 Å². The molecular weight excluding hydrogens is 536 g/mol. The number of aromatic nitrogens is 3. The van der Waals surface area contributed by atoms with Crippen LogP contribution in [0.1, 0.15) is 35.1 Å². The molecule has 0 bridgehead atoms. The number of hydrogen-bond donors (Lipinski definition) is 1. The van der Waals surface area contributed by atoms with Gasteiger partial charge < -0.3 is 14.6 Å². The molecule has 0 aliphatic rings. The number of nitrogens with zero attached hydrogens (tertiary/aromatic N) is 5. The fourth-order valence-corrected chi connectivity index (χ4v) is 3.81. The van der Waals surface area contributed by atoms with Crippen LogP contribution in [-0.4, -0.2) is 39.6 Å². The van der Waals surface area contributed by atoms with Gasteiger partial charge in [-0.25, -0.2) is 9.97 Å². The summed E-state index contributed by atoms with van der Waals surface area (Å²) in [7, 11) is 1.92. The summed E-state index contributed by atoms with van der Waals surface area (Å²) in [5, 5.41) is 12.3. The van der Waals surface area contributed by atoms with Gasteiger partial charge in [-0.1, -0.05) is 6.07 Å². The van der Waals surface area contributed by atoms with E-state index in [0.717, 1.165) is 17.0 Å². The number of benzene rings is 2. The van der Waals surface area contributed by atoms with Gasteiger partial charge in [-0.2, -0.15) is 5.26 Å².